The van der Waals surface area contributed by atoms with Crippen molar-refractivity contribution in [1.82, 2.24) is 4.90 Å². The summed E-state index contributed by atoms with van der Waals surface area (Å²) in [6.45, 7) is 8.03. The summed E-state index contributed by atoms with van der Waals surface area (Å²) in [5, 5.41) is 9.52. The maximum Gasteiger partial charge on any atom is 0.115 e. The minimum Gasteiger partial charge on any atom is -0.508 e. The van der Waals surface area contributed by atoms with Crippen LogP contribution in [0.3, 0.4) is 0 Å². The van der Waals surface area contributed by atoms with Gasteiger partial charge in [-0.3, -0.25) is 0 Å². The molecule has 0 unspecified atom stereocenters. The van der Waals surface area contributed by atoms with Crippen LogP contribution in [0.5, 0.6) is 5.75 Å². The van der Waals surface area contributed by atoms with Gasteiger partial charge < -0.3 is 10.0 Å². The Labute approximate surface area is 97.9 Å². The molecule has 0 atom stereocenters. The lowest BCUT2D eigenvalue weighted by Crippen LogP contribution is -2.35. The molecule has 0 spiro atoms. The molecule has 1 saturated heterocycles. The van der Waals surface area contributed by atoms with Crippen LogP contribution < -0.4 is 0 Å². The maximum atomic E-state index is 9.52. The fourth-order valence-corrected chi connectivity index (χ4v) is 2.52. The highest BCUT2D eigenvalue weighted by molar-refractivity contribution is 5.32. The predicted molar refractivity (Wildman–Crippen MR) is 66.8 cm³/mol. The minimum atomic E-state index is 0.114. The summed E-state index contributed by atoms with van der Waals surface area (Å²) >= 11 is 0. The van der Waals surface area contributed by atoms with Crippen molar-refractivity contribution in [1.29, 1.82) is 0 Å². The molecule has 88 valence electrons. The Hall–Kier alpha value is -1.02. The highest BCUT2D eigenvalue weighted by Gasteiger charge is 2.25. The predicted octanol–water partition coefficient (Wildman–Crippen LogP) is 2.77. The Bertz CT molecular complexity index is 354. The third kappa shape index (κ3) is 2.56. The highest BCUT2D eigenvalue weighted by atomic mass is 16.3. The van der Waals surface area contributed by atoms with E-state index in [1.807, 2.05) is 12.1 Å². The first kappa shape index (κ1) is 11.5. The van der Waals surface area contributed by atoms with E-state index in [9.17, 15) is 5.11 Å². The first-order valence-corrected chi connectivity index (χ1v) is 6.10. The van der Waals surface area contributed by atoms with Gasteiger partial charge in [-0.25, -0.2) is 0 Å². The lowest BCUT2D eigenvalue weighted by molar-refractivity contribution is 0.269. The van der Waals surface area contributed by atoms with Gasteiger partial charge in [0.2, 0.25) is 0 Å². The van der Waals surface area contributed by atoms with Gasteiger partial charge in [0, 0.05) is 12.0 Å². The van der Waals surface area contributed by atoms with Crippen molar-refractivity contribution in [3.05, 3.63) is 29.8 Å². The summed E-state index contributed by atoms with van der Waals surface area (Å²) in [7, 11) is 0. The van der Waals surface area contributed by atoms with Crippen LogP contribution in [0.15, 0.2) is 24.3 Å². The molecule has 0 bridgehead atoms. The number of hydrogen-bond acceptors (Lipinski definition) is 2. The number of nitrogens with zero attached hydrogens (tertiary/aromatic N) is 1. The van der Waals surface area contributed by atoms with Gasteiger partial charge in [0.05, 0.1) is 0 Å². The van der Waals surface area contributed by atoms with Crippen molar-refractivity contribution in [2.24, 2.45) is 0 Å². The van der Waals surface area contributed by atoms with Crippen LogP contribution in [0.1, 0.15) is 32.3 Å². The van der Waals surface area contributed by atoms with Gasteiger partial charge in [-0.05, 0) is 43.6 Å². The molecule has 1 N–H and O–H groups in total. The molecule has 1 aromatic carbocycles. The van der Waals surface area contributed by atoms with Crippen LogP contribution in [0, 0.1) is 0 Å². The summed E-state index contributed by atoms with van der Waals surface area (Å²) in [5.41, 5.74) is 1.34. The van der Waals surface area contributed by atoms with E-state index in [-0.39, 0.29) is 5.41 Å². The van der Waals surface area contributed by atoms with Crippen LogP contribution in [0.2, 0.25) is 0 Å². The molecular formula is C14H21NO. The number of benzene rings is 1. The van der Waals surface area contributed by atoms with Crippen LogP contribution in [-0.2, 0) is 5.41 Å². The number of phenolic OH excluding ortho intramolecular Hbond substituents is 1. The Morgan fingerprint density at radius 1 is 1.25 bits per heavy atom. The number of likely N-dealkylation sites (tertiary alicyclic amines) is 1. The van der Waals surface area contributed by atoms with Crippen LogP contribution in [-0.4, -0.2) is 29.6 Å². The largest absolute Gasteiger partial charge is 0.508 e. The number of aromatic hydroxyl groups is 1. The molecule has 1 aliphatic heterocycles. The van der Waals surface area contributed by atoms with E-state index in [0.717, 1.165) is 6.54 Å². The molecule has 0 amide bonds. The van der Waals surface area contributed by atoms with E-state index in [4.69, 9.17) is 0 Å². The number of phenols is 1. The van der Waals surface area contributed by atoms with Gasteiger partial charge in [-0.15, -0.1) is 0 Å². The Morgan fingerprint density at radius 3 is 2.56 bits per heavy atom. The molecule has 16 heavy (non-hydrogen) atoms. The van der Waals surface area contributed by atoms with E-state index < -0.39 is 0 Å². The molecule has 1 aliphatic rings. The van der Waals surface area contributed by atoms with Gasteiger partial charge in [0.25, 0.3) is 0 Å². The van der Waals surface area contributed by atoms with Crippen molar-refractivity contribution in [3.8, 4) is 5.75 Å². The van der Waals surface area contributed by atoms with Crippen molar-refractivity contribution >= 4 is 0 Å². The van der Waals surface area contributed by atoms with Crippen molar-refractivity contribution in [2.75, 3.05) is 19.6 Å². The molecule has 0 saturated carbocycles. The lowest BCUT2D eigenvalue weighted by atomic mass is 9.84. The van der Waals surface area contributed by atoms with E-state index in [0.29, 0.717) is 5.75 Å². The zero-order valence-electron chi connectivity index (χ0n) is 10.2. The van der Waals surface area contributed by atoms with E-state index in [2.05, 4.69) is 24.8 Å². The zero-order chi connectivity index (χ0) is 11.6. The maximum absolute atomic E-state index is 9.52. The van der Waals surface area contributed by atoms with E-state index in [1.165, 1.54) is 31.5 Å². The highest BCUT2D eigenvalue weighted by Crippen LogP contribution is 2.28. The van der Waals surface area contributed by atoms with Crippen molar-refractivity contribution in [3.63, 3.8) is 0 Å². The van der Waals surface area contributed by atoms with E-state index in [1.54, 1.807) is 6.07 Å². The van der Waals surface area contributed by atoms with Crippen LogP contribution in [0.4, 0.5) is 0 Å². The molecule has 2 heteroatoms. The molecular weight excluding hydrogens is 198 g/mol. The standard InChI is InChI=1S/C14H21NO/c1-14(2,11-15-8-3-4-9-15)12-6-5-7-13(16)10-12/h5-7,10,16H,3-4,8-9,11H2,1-2H3. The van der Waals surface area contributed by atoms with Crippen LogP contribution in [0.25, 0.3) is 0 Å². The van der Waals surface area contributed by atoms with Gasteiger partial charge in [-0.2, -0.15) is 0 Å². The first-order valence-electron chi connectivity index (χ1n) is 6.10. The summed E-state index contributed by atoms with van der Waals surface area (Å²) in [6.07, 6.45) is 2.66. The molecule has 0 radical (unpaired) electrons. The zero-order valence-corrected chi connectivity index (χ0v) is 10.2. The minimum absolute atomic E-state index is 0.114. The fraction of sp³-hybridized carbons (Fsp3) is 0.571. The van der Waals surface area contributed by atoms with Crippen LogP contribution >= 0.6 is 0 Å². The normalized spacial score (nSPS) is 17.9. The average molecular weight is 219 g/mol. The van der Waals surface area contributed by atoms with Gasteiger partial charge >= 0.3 is 0 Å². The second-order valence-corrected chi connectivity index (χ2v) is 5.42. The molecule has 2 nitrogen and oxygen atoms in total. The van der Waals surface area contributed by atoms with Crippen molar-refractivity contribution in [2.45, 2.75) is 32.1 Å². The second kappa shape index (κ2) is 4.46. The monoisotopic (exact) mass is 219 g/mol. The topological polar surface area (TPSA) is 23.5 Å². The van der Waals surface area contributed by atoms with Gasteiger partial charge in [0.15, 0.2) is 0 Å². The third-order valence-electron chi connectivity index (χ3n) is 3.45. The summed E-state index contributed by atoms with van der Waals surface area (Å²) < 4.78 is 0. The Kier molecular flexibility index (Phi) is 3.20. The molecule has 1 heterocycles. The van der Waals surface area contributed by atoms with Gasteiger partial charge in [0.1, 0.15) is 5.75 Å². The summed E-state index contributed by atoms with van der Waals surface area (Å²) in [4.78, 5) is 2.52. The average Bonchev–Trinajstić information content (AvgIpc) is 2.70. The first-order chi connectivity index (χ1) is 7.58. The fourth-order valence-electron chi connectivity index (χ4n) is 2.52. The molecule has 1 aromatic rings. The summed E-state index contributed by atoms with van der Waals surface area (Å²) in [5.74, 6) is 0.368. The Balaban J connectivity index is 2.10. The SMILES string of the molecule is CC(C)(CN1CCCC1)c1cccc(O)c1. The van der Waals surface area contributed by atoms with E-state index >= 15 is 0 Å². The van der Waals surface area contributed by atoms with Crippen molar-refractivity contribution < 1.29 is 5.11 Å². The summed E-state index contributed by atoms with van der Waals surface area (Å²) in [6, 6.07) is 7.65. The Morgan fingerprint density at radius 2 is 1.94 bits per heavy atom. The molecule has 0 aliphatic carbocycles. The quantitative estimate of drug-likeness (QED) is 0.845. The number of hydrogen-bond donors (Lipinski definition) is 1. The lowest BCUT2D eigenvalue weighted by Gasteiger charge is -2.30. The molecule has 0 aromatic heterocycles. The number of rotatable bonds is 3. The molecule has 1 fully saturated rings. The smallest absolute Gasteiger partial charge is 0.115 e. The second-order valence-electron chi connectivity index (χ2n) is 5.42. The third-order valence-corrected chi connectivity index (χ3v) is 3.45. The van der Waals surface area contributed by atoms with Gasteiger partial charge in [-0.1, -0.05) is 26.0 Å². The molecule has 2 rings (SSSR count).